The van der Waals surface area contributed by atoms with E-state index in [9.17, 15) is 0 Å². The Hall–Kier alpha value is -1.42. The molecule has 0 fully saturated rings. The van der Waals surface area contributed by atoms with Crippen molar-refractivity contribution in [3.8, 4) is 23.0 Å². The number of methoxy groups -OCH3 is 2. The maximum absolute atomic E-state index is 6.62. The lowest BCUT2D eigenvalue weighted by Crippen LogP contribution is -2.14. The largest absolute Gasteiger partial charge is 0.497 e. The smallest absolute Gasteiger partial charge is 0.384 e. The zero-order chi connectivity index (χ0) is 22.0. The second kappa shape index (κ2) is 8.75. The van der Waals surface area contributed by atoms with Crippen LogP contribution < -0.4 is 18.5 Å². The van der Waals surface area contributed by atoms with Gasteiger partial charge >= 0.3 is 5.84 Å². The monoisotopic (exact) mass is 456 g/mol. The van der Waals surface area contributed by atoms with Crippen LogP contribution in [0.15, 0.2) is 36.4 Å². The highest BCUT2D eigenvalue weighted by atomic mass is 35.7. The number of rotatable bonds is 6. The minimum absolute atomic E-state index is 0.188. The first kappa shape index (κ1) is 23.9. The van der Waals surface area contributed by atoms with Crippen molar-refractivity contribution in [2.24, 2.45) is 0 Å². The second-order valence-electron chi connectivity index (χ2n) is 8.84. The predicted octanol–water partition coefficient (Wildman–Crippen LogP) is 7.22. The fourth-order valence-electron chi connectivity index (χ4n) is 2.86. The quantitative estimate of drug-likeness (QED) is 0.429. The van der Waals surface area contributed by atoms with Gasteiger partial charge < -0.3 is 18.5 Å². The van der Waals surface area contributed by atoms with Crippen molar-refractivity contribution in [2.45, 2.75) is 52.4 Å². The van der Waals surface area contributed by atoms with E-state index in [1.54, 1.807) is 14.2 Å². The zero-order valence-corrected chi connectivity index (χ0v) is 20.8. The molecule has 0 atom stereocenters. The molecule has 0 aliphatic carbocycles. The van der Waals surface area contributed by atoms with Gasteiger partial charge in [0.25, 0.3) is 0 Å². The van der Waals surface area contributed by atoms with E-state index in [0.29, 0.717) is 11.5 Å². The number of halogens is 1. The Bertz CT molecular complexity index is 845. The normalized spacial score (nSPS) is 12.4. The molecular weight excluding hydrogens is 427 g/mol. The molecule has 2 aromatic rings. The summed E-state index contributed by atoms with van der Waals surface area (Å²) in [6, 6.07) is 11.2. The van der Waals surface area contributed by atoms with Crippen molar-refractivity contribution in [1.29, 1.82) is 0 Å². The maximum atomic E-state index is 6.62. The summed E-state index contributed by atoms with van der Waals surface area (Å²) in [5.74, 6) is -0.460. The Balaban J connectivity index is 2.41. The van der Waals surface area contributed by atoms with Gasteiger partial charge in [-0.2, -0.15) is 0 Å². The van der Waals surface area contributed by atoms with Gasteiger partial charge in [-0.05, 0) is 58.5 Å². The highest BCUT2D eigenvalue weighted by molar-refractivity contribution is 8.22. The Kier molecular flexibility index (Phi) is 7.20. The molecule has 7 heteroatoms. The third-order valence-corrected chi connectivity index (χ3v) is 6.10. The van der Waals surface area contributed by atoms with Crippen LogP contribution in [-0.4, -0.2) is 14.2 Å². The summed E-state index contributed by atoms with van der Waals surface area (Å²) < 4.78 is 22.9. The summed E-state index contributed by atoms with van der Waals surface area (Å²) in [6.45, 7) is 12.6. The Morgan fingerprint density at radius 1 is 0.724 bits per heavy atom. The van der Waals surface area contributed by atoms with Crippen molar-refractivity contribution in [3.05, 3.63) is 47.5 Å². The molecule has 160 valence electrons. The van der Waals surface area contributed by atoms with E-state index in [4.69, 9.17) is 41.6 Å². The number of hydrogen-bond donors (Lipinski definition) is 0. The van der Waals surface area contributed by atoms with Crippen LogP contribution >= 0.6 is 17.1 Å². The lowest BCUT2D eigenvalue weighted by atomic mass is 9.86. The highest BCUT2D eigenvalue weighted by Gasteiger charge is 2.28. The van der Waals surface area contributed by atoms with Crippen molar-refractivity contribution in [2.75, 3.05) is 14.2 Å². The first-order chi connectivity index (χ1) is 13.3. The van der Waals surface area contributed by atoms with E-state index in [-0.39, 0.29) is 10.8 Å². The molecule has 0 saturated heterocycles. The zero-order valence-electron chi connectivity index (χ0n) is 18.3. The predicted molar refractivity (Wildman–Crippen MR) is 125 cm³/mol. The lowest BCUT2D eigenvalue weighted by Gasteiger charge is -2.28. The summed E-state index contributed by atoms with van der Waals surface area (Å²) >= 11 is 12.2. The van der Waals surface area contributed by atoms with Crippen LogP contribution in [0.1, 0.15) is 52.7 Å². The molecule has 0 amide bonds. The highest BCUT2D eigenvalue weighted by Crippen LogP contribution is 2.56. The molecule has 0 spiro atoms. The Labute approximate surface area is 184 Å². The minimum atomic E-state index is -3.15. The average molecular weight is 457 g/mol. The van der Waals surface area contributed by atoms with Crippen molar-refractivity contribution >= 4 is 28.9 Å². The molecule has 29 heavy (non-hydrogen) atoms. The first-order valence-electron chi connectivity index (χ1n) is 9.33. The number of benzene rings is 2. The van der Waals surface area contributed by atoms with Gasteiger partial charge in [-0.3, -0.25) is 0 Å². The van der Waals surface area contributed by atoms with Gasteiger partial charge in [-0.1, -0.05) is 41.5 Å². The van der Waals surface area contributed by atoms with Crippen molar-refractivity contribution < 1.29 is 18.5 Å². The molecule has 0 bridgehead atoms. The van der Waals surface area contributed by atoms with Crippen molar-refractivity contribution in [3.63, 3.8) is 0 Å². The fraction of sp³-hybridized carbons (Fsp3) is 0.455. The summed E-state index contributed by atoms with van der Waals surface area (Å²) in [6.07, 6.45) is 0. The molecule has 2 rings (SSSR count). The molecule has 2 aromatic carbocycles. The van der Waals surface area contributed by atoms with Gasteiger partial charge in [0.05, 0.1) is 14.2 Å². The fourth-order valence-corrected chi connectivity index (χ4v) is 4.61. The minimum Gasteiger partial charge on any atom is -0.497 e. The van der Waals surface area contributed by atoms with Crippen LogP contribution in [-0.2, 0) is 22.6 Å². The topological polar surface area (TPSA) is 36.9 Å². The Morgan fingerprint density at radius 2 is 1.07 bits per heavy atom. The summed E-state index contributed by atoms with van der Waals surface area (Å²) in [7, 11) is 3.27. The third-order valence-electron chi connectivity index (χ3n) is 4.40. The van der Waals surface area contributed by atoms with Crippen LogP contribution in [0.2, 0.25) is 0 Å². The molecule has 0 aliphatic rings. The van der Waals surface area contributed by atoms with Gasteiger partial charge in [0, 0.05) is 22.9 Å². The van der Waals surface area contributed by atoms with Crippen LogP contribution in [0, 0.1) is 0 Å². The third kappa shape index (κ3) is 6.28. The van der Waals surface area contributed by atoms with Crippen LogP contribution in [0.25, 0.3) is 0 Å². The van der Waals surface area contributed by atoms with Gasteiger partial charge in [-0.15, -0.1) is 0 Å². The van der Waals surface area contributed by atoms with Gasteiger partial charge in [0.1, 0.15) is 23.0 Å². The molecule has 0 aromatic heterocycles. The molecule has 0 radical (unpaired) electrons. The van der Waals surface area contributed by atoms with Crippen LogP contribution in [0.4, 0.5) is 0 Å². The number of hydrogen-bond acceptors (Lipinski definition) is 5. The Morgan fingerprint density at radius 3 is 1.34 bits per heavy atom. The number of ether oxygens (including phenoxy) is 2. The SMILES string of the molecule is COc1ccc(OP(=S)(Cl)Oc2ccc(OC)cc2C(C)(C)C)c(C(C)(C)C)c1. The van der Waals surface area contributed by atoms with Gasteiger partial charge in [0.2, 0.25) is 0 Å². The molecule has 4 nitrogen and oxygen atoms in total. The average Bonchev–Trinajstić information content (AvgIpc) is 2.59. The molecule has 0 unspecified atom stereocenters. The first-order valence-corrected chi connectivity index (χ1v) is 12.9. The summed E-state index contributed by atoms with van der Waals surface area (Å²) in [4.78, 5) is 0. The maximum Gasteiger partial charge on any atom is 0.384 e. The van der Waals surface area contributed by atoms with E-state index in [2.05, 4.69) is 41.5 Å². The van der Waals surface area contributed by atoms with E-state index in [1.165, 1.54) is 0 Å². The van der Waals surface area contributed by atoms with Crippen molar-refractivity contribution in [1.82, 2.24) is 0 Å². The van der Waals surface area contributed by atoms with Gasteiger partial charge in [-0.25, -0.2) is 0 Å². The van der Waals surface area contributed by atoms with Crippen LogP contribution in [0.5, 0.6) is 23.0 Å². The molecule has 0 heterocycles. The molecule has 0 N–H and O–H groups in total. The van der Waals surface area contributed by atoms with E-state index in [1.807, 2.05) is 36.4 Å². The molecular formula is C22H30ClO4PS. The van der Waals surface area contributed by atoms with E-state index >= 15 is 0 Å². The van der Waals surface area contributed by atoms with Gasteiger partial charge in [0.15, 0.2) is 0 Å². The van der Waals surface area contributed by atoms with Crippen LogP contribution in [0.3, 0.4) is 0 Å². The molecule has 0 aliphatic heterocycles. The summed E-state index contributed by atoms with van der Waals surface area (Å²) in [5.41, 5.74) is 1.52. The van der Waals surface area contributed by atoms with E-state index in [0.717, 1.165) is 22.6 Å². The second-order valence-corrected chi connectivity index (χ2v) is 13.4. The molecule has 0 saturated carbocycles. The van der Waals surface area contributed by atoms with E-state index < -0.39 is 5.84 Å². The standard InChI is InChI=1S/C22H30ClO4PS/c1-21(2,3)17-13-15(24-7)9-11-19(17)26-28(23,29)27-20-12-10-16(25-8)14-18(20)22(4,5)6/h9-14H,1-8H3. The summed E-state index contributed by atoms with van der Waals surface area (Å²) in [5, 5.41) is 0. The lowest BCUT2D eigenvalue weighted by molar-refractivity contribution is 0.408.